The van der Waals surface area contributed by atoms with Gasteiger partial charge in [-0.1, -0.05) is 18.2 Å². The van der Waals surface area contributed by atoms with Crippen LogP contribution >= 0.6 is 0 Å². The van der Waals surface area contributed by atoms with E-state index in [1.807, 2.05) is 0 Å². The van der Waals surface area contributed by atoms with E-state index in [-0.39, 0.29) is 0 Å². The molecule has 6 N–H and O–H groups in total. The van der Waals surface area contributed by atoms with Gasteiger partial charge in [-0.05, 0) is 11.6 Å². The van der Waals surface area contributed by atoms with Crippen LogP contribution in [0.3, 0.4) is 0 Å². The average Bonchev–Trinajstić information content (AvgIpc) is 2.07. The summed E-state index contributed by atoms with van der Waals surface area (Å²) in [5.41, 5.74) is 16.4. The van der Waals surface area contributed by atoms with Crippen molar-refractivity contribution in [3.05, 3.63) is 29.8 Å². The molecule has 0 fully saturated rings. The lowest BCUT2D eigenvalue weighted by atomic mass is 9.96. The molecule has 0 atom stereocenters. The number of para-hydroxylation sites is 1. The fourth-order valence-corrected chi connectivity index (χ4v) is 1.22. The number of carbonyl (C=O) groups is 2. The molecule has 0 bridgehead atoms. The molecule has 0 saturated heterocycles. The number of primary amides is 2. The monoisotopic (exact) mass is 193 g/mol. The summed E-state index contributed by atoms with van der Waals surface area (Å²) >= 11 is 0. The van der Waals surface area contributed by atoms with E-state index < -0.39 is 17.7 Å². The molecule has 0 aliphatic carbocycles. The number of hydrogen-bond acceptors (Lipinski definition) is 3. The van der Waals surface area contributed by atoms with Gasteiger partial charge >= 0.3 is 0 Å². The summed E-state index contributed by atoms with van der Waals surface area (Å²) in [5, 5.41) is 0. The van der Waals surface area contributed by atoms with Crippen molar-refractivity contribution in [2.24, 2.45) is 11.5 Å². The number of anilines is 1. The van der Waals surface area contributed by atoms with Crippen molar-refractivity contribution >= 4 is 17.5 Å². The summed E-state index contributed by atoms with van der Waals surface area (Å²) in [7, 11) is 0. The van der Waals surface area contributed by atoms with E-state index in [0.29, 0.717) is 11.3 Å². The minimum atomic E-state index is -1.16. The Morgan fingerprint density at radius 2 is 1.57 bits per heavy atom. The largest absolute Gasteiger partial charge is 0.398 e. The van der Waals surface area contributed by atoms with Crippen molar-refractivity contribution in [1.29, 1.82) is 0 Å². The Labute approximate surface area is 80.9 Å². The Hall–Kier alpha value is -2.04. The van der Waals surface area contributed by atoms with Gasteiger partial charge in [-0.15, -0.1) is 0 Å². The third-order valence-electron chi connectivity index (χ3n) is 1.88. The number of nitrogen functional groups attached to an aromatic ring is 1. The maximum absolute atomic E-state index is 11.0. The van der Waals surface area contributed by atoms with Gasteiger partial charge < -0.3 is 17.2 Å². The Kier molecular flexibility index (Phi) is 2.71. The highest BCUT2D eigenvalue weighted by atomic mass is 16.2. The van der Waals surface area contributed by atoms with Gasteiger partial charge in [-0.3, -0.25) is 9.59 Å². The van der Waals surface area contributed by atoms with Crippen LogP contribution in [0.5, 0.6) is 0 Å². The number of carbonyl (C=O) groups excluding carboxylic acids is 2. The van der Waals surface area contributed by atoms with Crippen LogP contribution in [0.25, 0.3) is 0 Å². The molecule has 74 valence electrons. The first-order chi connectivity index (χ1) is 6.54. The number of nitrogens with two attached hydrogens (primary N) is 3. The van der Waals surface area contributed by atoms with Crippen molar-refractivity contribution < 1.29 is 9.59 Å². The molecule has 1 aromatic carbocycles. The molecular weight excluding hydrogens is 182 g/mol. The molecule has 2 amide bonds. The van der Waals surface area contributed by atoms with Crippen LogP contribution in [0.15, 0.2) is 24.3 Å². The van der Waals surface area contributed by atoms with Crippen LogP contribution in [0.4, 0.5) is 5.69 Å². The fourth-order valence-electron chi connectivity index (χ4n) is 1.22. The summed E-state index contributed by atoms with van der Waals surface area (Å²) in [4.78, 5) is 21.9. The lowest BCUT2D eigenvalue weighted by Crippen LogP contribution is -2.33. The van der Waals surface area contributed by atoms with Gasteiger partial charge in [-0.2, -0.15) is 0 Å². The number of hydrogen-bond donors (Lipinski definition) is 3. The Bertz CT molecular complexity index is 362. The first-order valence-electron chi connectivity index (χ1n) is 3.97. The predicted octanol–water partition coefficient (Wildman–Crippen LogP) is -0.677. The van der Waals surface area contributed by atoms with E-state index in [9.17, 15) is 9.59 Å². The maximum atomic E-state index is 11.0. The molecule has 0 aromatic heterocycles. The van der Waals surface area contributed by atoms with Crippen LogP contribution < -0.4 is 17.2 Å². The predicted molar refractivity (Wildman–Crippen MR) is 52.0 cm³/mol. The van der Waals surface area contributed by atoms with Crippen LogP contribution in [0.1, 0.15) is 11.5 Å². The Morgan fingerprint density at radius 3 is 2.00 bits per heavy atom. The molecule has 0 radical (unpaired) electrons. The smallest absolute Gasteiger partial charge is 0.234 e. The Balaban J connectivity index is 3.18. The number of rotatable bonds is 3. The third kappa shape index (κ3) is 1.82. The summed E-state index contributed by atoms with van der Waals surface area (Å²) in [6.07, 6.45) is 0. The van der Waals surface area contributed by atoms with Crippen molar-refractivity contribution in [2.75, 3.05) is 5.73 Å². The minimum absolute atomic E-state index is 0.329. The molecule has 0 aliphatic heterocycles. The number of benzene rings is 1. The standard InChI is InChI=1S/C9H11N3O2/c10-6-4-2-1-3-5(6)7(8(11)13)9(12)14/h1-4,7H,10H2,(H2,11,13)(H2,12,14). The lowest BCUT2D eigenvalue weighted by molar-refractivity contribution is -0.128. The number of amides is 2. The van der Waals surface area contributed by atoms with Gasteiger partial charge in [0.1, 0.15) is 5.92 Å². The summed E-state index contributed by atoms with van der Waals surface area (Å²) in [6.45, 7) is 0. The summed E-state index contributed by atoms with van der Waals surface area (Å²) in [5.74, 6) is -2.75. The normalized spacial score (nSPS) is 10.1. The molecule has 1 aromatic rings. The zero-order valence-corrected chi connectivity index (χ0v) is 7.44. The van der Waals surface area contributed by atoms with Crippen molar-refractivity contribution in [2.45, 2.75) is 5.92 Å². The van der Waals surface area contributed by atoms with Gasteiger partial charge in [0.2, 0.25) is 11.8 Å². The highest BCUT2D eigenvalue weighted by Gasteiger charge is 2.25. The molecule has 0 saturated carbocycles. The third-order valence-corrected chi connectivity index (χ3v) is 1.88. The Morgan fingerprint density at radius 1 is 1.07 bits per heavy atom. The van der Waals surface area contributed by atoms with Crippen LogP contribution in [-0.2, 0) is 9.59 Å². The topological polar surface area (TPSA) is 112 Å². The van der Waals surface area contributed by atoms with E-state index >= 15 is 0 Å². The molecule has 0 heterocycles. The second-order valence-electron chi connectivity index (χ2n) is 2.87. The first kappa shape index (κ1) is 10.0. The van der Waals surface area contributed by atoms with Crippen LogP contribution in [0.2, 0.25) is 0 Å². The molecule has 0 unspecified atom stereocenters. The molecule has 14 heavy (non-hydrogen) atoms. The van der Waals surface area contributed by atoms with E-state index in [0.717, 1.165) is 0 Å². The average molecular weight is 193 g/mol. The highest BCUT2D eigenvalue weighted by molar-refractivity contribution is 6.05. The SMILES string of the molecule is NC(=O)C(C(N)=O)c1ccccc1N. The van der Waals surface area contributed by atoms with Gasteiger partial charge in [-0.25, -0.2) is 0 Å². The minimum Gasteiger partial charge on any atom is -0.398 e. The van der Waals surface area contributed by atoms with E-state index in [2.05, 4.69) is 0 Å². The molecule has 1 rings (SSSR count). The van der Waals surface area contributed by atoms with Gasteiger partial charge in [0.05, 0.1) is 0 Å². The van der Waals surface area contributed by atoms with E-state index in [1.165, 1.54) is 0 Å². The van der Waals surface area contributed by atoms with Gasteiger partial charge in [0.25, 0.3) is 0 Å². The summed E-state index contributed by atoms with van der Waals surface area (Å²) in [6, 6.07) is 6.48. The van der Waals surface area contributed by atoms with Gasteiger partial charge in [0, 0.05) is 5.69 Å². The molecule has 0 aliphatic rings. The highest BCUT2D eigenvalue weighted by Crippen LogP contribution is 2.21. The first-order valence-corrected chi connectivity index (χ1v) is 3.97. The molecule has 5 heteroatoms. The zero-order valence-electron chi connectivity index (χ0n) is 7.44. The molecule has 0 spiro atoms. The zero-order chi connectivity index (χ0) is 10.7. The quantitative estimate of drug-likeness (QED) is 0.436. The van der Waals surface area contributed by atoms with Gasteiger partial charge in [0.15, 0.2) is 0 Å². The maximum Gasteiger partial charge on any atom is 0.234 e. The van der Waals surface area contributed by atoms with Crippen molar-refractivity contribution in [3.8, 4) is 0 Å². The second-order valence-corrected chi connectivity index (χ2v) is 2.87. The lowest BCUT2D eigenvalue weighted by Gasteiger charge is -2.11. The fraction of sp³-hybridized carbons (Fsp3) is 0.111. The van der Waals surface area contributed by atoms with E-state index in [4.69, 9.17) is 17.2 Å². The van der Waals surface area contributed by atoms with E-state index in [1.54, 1.807) is 24.3 Å². The second kappa shape index (κ2) is 3.78. The van der Waals surface area contributed by atoms with Crippen LogP contribution in [0, 0.1) is 0 Å². The van der Waals surface area contributed by atoms with Crippen molar-refractivity contribution in [1.82, 2.24) is 0 Å². The summed E-state index contributed by atoms with van der Waals surface area (Å²) < 4.78 is 0. The van der Waals surface area contributed by atoms with Crippen LogP contribution in [-0.4, -0.2) is 11.8 Å². The molecular formula is C9H11N3O2. The molecule has 5 nitrogen and oxygen atoms in total. The van der Waals surface area contributed by atoms with Crippen molar-refractivity contribution in [3.63, 3.8) is 0 Å².